The molecule has 0 aliphatic heterocycles. The molecule has 1 N–H and O–H groups in total. The van der Waals surface area contributed by atoms with Crippen molar-refractivity contribution in [3.05, 3.63) is 77.7 Å². The molecule has 0 bridgehead atoms. The topological polar surface area (TPSA) is 50.1 Å². The number of aromatic nitrogens is 2. The highest BCUT2D eigenvalue weighted by Crippen LogP contribution is 2.21. The van der Waals surface area contributed by atoms with E-state index in [-0.39, 0.29) is 5.56 Å². The van der Waals surface area contributed by atoms with Gasteiger partial charge in [-0.1, -0.05) is 28.1 Å². The number of para-hydroxylation sites is 1. The third kappa shape index (κ3) is 3.39. The SMILES string of the molecule is Cc1cc(Br)ccc1-n1[nH]c(C)c(C=Nc2ccccc2I)c1=O. The van der Waals surface area contributed by atoms with Gasteiger partial charge in [0, 0.05) is 20.0 Å². The first-order valence-corrected chi connectivity index (χ1v) is 9.21. The molecule has 6 heteroatoms. The van der Waals surface area contributed by atoms with Crippen molar-refractivity contribution in [1.29, 1.82) is 0 Å². The number of aromatic amines is 1. The molecule has 0 aliphatic rings. The zero-order valence-corrected chi connectivity index (χ0v) is 16.9. The van der Waals surface area contributed by atoms with Gasteiger partial charge in [0.05, 0.1) is 16.9 Å². The van der Waals surface area contributed by atoms with Crippen LogP contribution >= 0.6 is 38.5 Å². The number of hydrogen-bond donors (Lipinski definition) is 1. The van der Waals surface area contributed by atoms with Gasteiger partial charge >= 0.3 is 0 Å². The summed E-state index contributed by atoms with van der Waals surface area (Å²) < 4.78 is 3.60. The third-order valence-corrected chi connectivity index (χ3v) is 5.11. The molecular weight excluding hydrogens is 481 g/mol. The van der Waals surface area contributed by atoms with E-state index in [9.17, 15) is 4.79 Å². The van der Waals surface area contributed by atoms with E-state index < -0.39 is 0 Å². The summed E-state index contributed by atoms with van der Waals surface area (Å²) >= 11 is 5.68. The molecule has 0 atom stereocenters. The maximum absolute atomic E-state index is 12.8. The summed E-state index contributed by atoms with van der Waals surface area (Å²) in [5, 5.41) is 3.14. The van der Waals surface area contributed by atoms with E-state index in [0.717, 1.165) is 30.7 Å². The lowest BCUT2D eigenvalue weighted by Crippen LogP contribution is -2.18. The molecule has 0 amide bonds. The molecule has 0 radical (unpaired) electrons. The van der Waals surface area contributed by atoms with E-state index in [1.165, 1.54) is 0 Å². The first kappa shape index (κ1) is 17.2. The predicted octanol–water partition coefficient (Wildman–Crippen LogP) is 4.90. The van der Waals surface area contributed by atoms with E-state index in [0.29, 0.717) is 5.56 Å². The van der Waals surface area contributed by atoms with Gasteiger partial charge in [-0.25, -0.2) is 4.68 Å². The number of aryl methyl sites for hydroxylation is 2. The maximum atomic E-state index is 12.8. The van der Waals surface area contributed by atoms with Crippen LogP contribution in [0.4, 0.5) is 5.69 Å². The molecule has 122 valence electrons. The molecule has 24 heavy (non-hydrogen) atoms. The van der Waals surface area contributed by atoms with Crippen molar-refractivity contribution in [2.24, 2.45) is 4.99 Å². The monoisotopic (exact) mass is 495 g/mol. The summed E-state index contributed by atoms with van der Waals surface area (Å²) in [6.45, 7) is 3.85. The first-order valence-electron chi connectivity index (χ1n) is 7.34. The minimum atomic E-state index is -0.104. The first-order chi connectivity index (χ1) is 11.5. The Morgan fingerprint density at radius 3 is 2.67 bits per heavy atom. The summed E-state index contributed by atoms with van der Waals surface area (Å²) in [6.07, 6.45) is 1.64. The van der Waals surface area contributed by atoms with Crippen molar-refractivity contribution in [3.63, 3.8) is 0 Å². The lowest BCUT2D eigenvalue weighted by atomic mass is 10.2. The Hall–Kier alpha value is -1.67. The standard InChI is InChI=1S/C18H15BrIN3O/c1-11-9-13(19)7-8-17(11)23-18(24)14(12(2)22-23)10-21-16-6-4-3-5-15(16)20/h3-10,22H,1-2H3. The van der Waals surface area contributed by atoms with Crippen LogP contribution in [0, 0.1) is 17.4 Å². The van der Waals surface area contributed by atoms with Gasteiger partial charge in [-0.3, -0.25) is 14.9 Å². The normalized spacial score (nSPS) is 11.3. The number of benzene rings is 2. The average molecular weight is 496 g/mol. The Labute approximate surface area is 161 Å². The fraction of sp³-hybridized carbons (Fsp3) is 0.111. The zero-order valence-electron chi connectivity index (χ0n) is 13.2. The Bertz CT molecular complexity index is 988. The molecule has 3 aromatic rings. The van der Waals surface area contributed by atoms with Crippen LogP contribution in [0.15, 0.2) is 56.7 Å². The van der Waals surface area contributed by atoms with E-state index in [1.54, 1.807) is 10.9 Å². The van der Waals surface area contributed by atoms with E-state index >= 15 is 0 Å². The van der Waals surface area contributed by atoms with Crippen LogP contribution in [0.2, 0.25) is 0 Å². The third-order valence-electron chi connectivity index (χ3n) is 3.70. The van der Waals surface area contributed by atoms with E-state index in [2.05, 4.69) is 48.6 Å². The van der Waals surface area contributed by atoms with Gasteiger partial charge in [0.15, 0.2) is 0 Å². The molecule has 0 aliphatic carbocycles. The number of nitrogens with one attached hydrogen (secondary N) is 1. The van der Waals surface area contributed by atoms with Crippen LogP contribution in [0.1, 0.15) is 16.8 Å². The average Bonchev–Trinajstić information content (AvgIpc) is 2.81. The maximum Gasteiger partial charge on any atom is 0.280 e. The molecule has 0 fully saturated rings. The van der Waals surface area contributed by atoms with Crippen molar-refractivity contribution in [2.45, 2.75) is 13.8 Å². The lowest BCUT2D eigenvalue weighted by molar-refractivity contribution is 0.828. The van der Waals surface area contributed by atoms with Gasteiger partial charge in [-0.15, -0.1) is 0 Å². The van der Waals surface area contributed by atoms with Crippen LogP contribution in [-0.4, -0.2) is 16.0 Å². The molecule has 1 aromatic heterocycles. The van der Waals surface area contributed by atoms with Crippen LogP contribution in [0.3, 0.4) is 0 Å². The molecule has 0 spiro atoms. The molecule has 1 heterocycles. The van der Waals surface area contributed by atoms with Gasteiger partial charge < -0.3 is 0 Å². The Morgan fingerprint density at radius 2 is 1.96 bits per heavy atom. The number of hydrogen-bond acceptors (Lipinski definition) is 2. The highest BCUT2D eigenvalue weighted by Gasteiger charge is 2.12. The minimum Gasteiger partial charge on any atom is -0.295 e. The van der Waals surface area contributed by atoms with Crippen molar-refractivity contribution in [1.82, 2.24) is 9.78 Å². The Morgan fingerprint density at radius 1 is 1.21 bits per heavy atom. The summed E-state index contributed by atoms with van der Waals surface area (Å²) in [4.78, 5) is 17.2. The number of H-pyrrole nitrogens is 1. The zero-order chi connectivity index (χ0) is 17.3. The second-order valence-corrected chi connectivity index (χ2v) is 7.51. The van der Waals surface area contributed by atoms with Crippen molar-refractivity contribution >= 4 is 50.4 Å². The fourth-order valence-corrected chi connectivity index (χ4v) is 3.44. The van der Waals surface area contributed by atoms with Gasteiger partial charge in [0.2, 0.25) is 0 Å². The molecule has 2 aromatic carbocycles. The van der Waals surface area contributed by atoms with E-state index in [1.807, 2.05) is 56.3 Å². The number of aliphatic imine (C=N–C) groups is 1. The van der Waals surface area contributed by atoms with Crippen molar-refractivity contribution in [3.8, 4) is 5.69 Å². The molecular formula is C18H15BrIN3O. The van der Waals surface area contributed by atoms with Crippen LogP contribution in [0.5, 0.6) is 0 Å². The van der Waals surface area contributed by atoms with E-state index in [4.69, 9.17) is 0 Å². The summed E-state index contributed by atoms with van der Waals surface area (Å²) in [5.74, 6) is 0. The molecule has 3 rings (SSSR count). The smallest absolute Gasteiger partial charge is 0.280 e. The Kier molecular flexibility index (Phi) is 5.05. The predicted molar refractivity (Wildman–Crippen MR) is 110 cm³/mol. The summed E-state index contributed by atoms with van der Waals surface area (Å²) in [7, 11) is 0. The largest absolute Gasteiger partial charge is 0.295 e. The lowest BCUT2D eigenvalue weighted by Gasteiger charge is -2.06. The van der Waals surface area contributed by atoms with Crippen molar-refractivity contribution < 1.29 is 0 Å². The highest BCUT2D eigenvalue weighted by molar-refractivity contribution is 14.1. The van der Waals surface area contributed by atoms with Crippen molar-refractivity contribution in [2.75, 3.05) is 0 Å². The highest BCUT2D eigenvalue weighted by atomic mass is 127. The van der Waals surface area contributed by atoms with Gasteiger partial charge in [0.1, 0.15) is 0 Å². The minimum absolute atomic E-state index is 0.104. The molecule has 4 nitrogen and oxygen atoms in total. The van der Waals surface area contributed by atoms with Crippen LogP contribution in [0.25, 0.3) is 5.69 Å². The number of rotatable bonds is 3. The van der Waals surface area contributed by atoms with Gasteiger partial charge in [-0.2, -0.15) is 0 Å². The Balaban J connectivity index is 2.04. The molecule has 0 unspecified atom stereocenters. The van der Waals surface area contributed by atoms with Gasteiger partial charge in [0.25, 0.3) is 5.56 Å². The second-order valence-electron chi connectivity index (χ2n) is 5.43. The number of halogens is 2. The van der Waals surface area contributed by atoms with Crippen LogP contribution in [-0.2, 0) is 0 Å². The molecule has 0 saturated carbocycles. The fourth-order valence-electron chi connectivity index (χ4n) is 2.44. The summed E-state index contributed by atoms with van der Waals surface area (Å²) in [6, 6.07) is 13.6. The molecule has 0 saturated heterocycles. The second kappa shape index (κ2) is 7.06. The van der Waals surface area contributed by atoms with Gasteiger partial charge in [-0.05, 0) is 72.3 Å². The summed E-state index contributed by atoms with van der Waals surface area (Å²) in [5.41, 5.74) is 3.94. The number of nitrogens with zero attached hydrogens (tertiary/aromatic N) is 2. The van der Waals surface area contributed by atoms with Crippen LogP contribution < -0.4 is 5.56 Å². The quantitative estimate of drug-likeness (QED) is 0.407.